The van der Waals surface area contributed by atoms with E-state index < -0.39 is 17.9 Å². The Bertz CT molecular complexity index is 712. The standard InChI is InChI=1S/C16H19N3O4S/c1-9(2)12(16(21)23-4)17-15(20)14-13(18-19-24-14)10-5-7-11(22-3)8-6-10/h5-9,12H,1-4H3,(H,17,20)/t12-/m1/s1. The molecule has 7 nitrogen and oxygen atoms in total. The molecular weight excluding hydrogens is 330 g/mol. The zero-order chi connectivity index (χ0) is 17.7. The molecule has 1 amide bonds. The molecule has 1 atom stereocenters. The molecule has 1 N–H and O–H groups in total. The van der Waals surface area contributed by atoms with E-state index in [1.54, 1.807) is 31.4 Å². The van der Waals surface area contributed by atoms with Gasteiger partial charge in [-0.1, -0.05) is 18.3 Å². The Labute approximate surface area is 144 Å². The van der Waals surface area contributed by atoms with E-state index in [-0.39, 0.29) is 5.92 Å². The smallest absolute Gasteiger partial charge is 0.328 e. The molecule has 2 aromatic rings. The van der Waals surface area contributed by atoms with Crippen LogP contribution in [0.4, 0.5) is 0 Å². The first-order chi connectivity index (χ1) is 11.5. The van der Waals surface area contributed by atoms with Crippen LogP contribution in [0, 0.1) is 5.92 Å². The normalized spacial score (nSPS) is 11.9. The van der Waals surface area contributed by atoms with Crippen molar-refractivity contribution in [3.8, 4) is 17.0 Å². The lowest BCUT2D eigenvalue weighted by atomic mass is 10.0. The number of nitrogens with zero attached hydrogens (tertiary/aromatic N) is 2. The van der Waals surface area contributed by atoms with Crippen molar-refractivity contribution in [1.29, 1.82) is 0 Å². The van der Waals surface area contributed by atoms with Crippen LogP contribution in [0.2, 0.25) is 0 Å². The summed E-state index contributed by atoms with van der Waals surface area (Å²) < 4.78 is 13.7. The maximum Gasteiger partial charge on any atom is 0.328 e. The molecule has 128 valence electrons. The highest BCUT2D eigenvalue weighted by molar-refractivity contribution is 7.08. The van der Waals surface area contributed by atoms with E-state index in [9.17, 15) is 9.59 Å². The van der Waals surface area contributed by atoms with Crippen LogP contribution in [0.1, 0.15) is 23.5 Å². The molecule has 2 rings (SSSR count). The maximum absolute atomic E-state index is 12.5. The molecule has 1 aromatic carbocycles. The highest BCUT2D eigenvalue weighted by Crippen LogP contribution is 2.26. The Kier molecular flexibility index (Phi) is 5.86. The predicted octanol–water partition coefficient (Wildman–Crippen LogP) is 2.14. The fraction of sp³-hybridized carbons (Fsp3) is 0.375. The maximum atomic E-state index is 12.5. The van der Waals surface area contributed by atoms with Gasteiger partial charge < -0.3 is 14.8 Å². The third-order valence-electron chi connectivity index (χ3n) is 3.47. The van der Waals surface area contributed by atoms with Crippen LogP contribution in [0.3, 0.4) is 0 Å². The largest absolute Gasteiger partial charge is 0.497 e. The molecule has 0 aliphatic carbocycles. The van der Waals surface area contributed by atoms with Crippen LogP contribution >= 0.6 is 11.5 Å². The van der Waals surface area contributed by atoms with Gasteiger partial charge in [0.15, 0.2) is 0 Å². The third kappa shape index (κ3) is 3.88. The topological polar surface area (TPSA) is 90.4 Å². The lowest BCUT2D eigenvalue weighted by molar-refractivity contribution is -0.144. The van der Waals surface area contributed by atoms with E-state index in [2.05, 4.69) is 14.9 Å². The fourth-order valence-corrected chi connectivity index (χ4v) is 2.70. The molecule has 24 heavy (non-hydrogen) atoms. The summed E-state index contributed by atoms with van der Waals surface area (Å²) in [5, 5.41) is 6.73. The van der Waals surface area contributed by atoms with Crippen molar-refractivity contribution >= 4 is 23.4 Å². The van der Waals surface area contributed by atoms with Crippen molar-refractivity contribution in [1.82, 2.24) is 14.9 Å². The number of nitrogens with one attached hydrogen (secondary N) is 1. The molecule has 0 radical (unpaired) electrons. The van der Waals surface area contributed by atoms with Crippen molar-refractivity contribution in [3.05, 3.63) is 29.1 Å². The van der Waals surface area contributed by atoms with E-state index >= 15 is 0 Å². The number of rotatable bonds is 6. The number of methoxy groups -OCH3 is 2. The summed E-state index contributed by atoms with van der Waals surface area (Å²) >= 11 is 0.979. The molecule has 1 heterocycles. The number of esters is 1. The molecule has 0 spiro atoms. The molecule has 0 saturated heterocycles. The first-order valence-corrected chi connectivity index (χ1v) is 8.10. The number of aromatic nitrogens is 2. The highest BCUT2D eigenvalue weighted by atomic mass is 32.1. The molecule has 0 unspecified atom stereocenters. The van der Waals surface area contributed by atoms with Gasteiger partial charge in [0, 0.05) is 5.56 Å². The molecule has 8 heteroatoms. The highest BCUT2D eigenvalue weighted by Gasteiger charge is 2.27. The molecule has 0 saturated carbocycles. The van der Waals surface area contributed by atoms with Gasteiger partial charge in [-0.15, -0.1) is 5.10 Å². The molecule has 0 aliphatic heterocycles. The minimum atomic E-state index is -0.728. The quantitative estimate of drug-likeness (QED) is 0.804. The number of carbonyl (C=O) groups is 2. The van der Waals surface area contributed by atoms with Crippen molar-refractivity contribution in [2.45, 2.75) is 19.9 Å². The third-order valence-corrected chi connectivity index (χ3v) is 4.19. The van der Waals surface area contributed by atoms with Crippen molar-refractivity contribution in [2.75, 3.05) is 14.2 Å². The number of hydrogen-bond acceptors (Lipinski definition) is 7. The average Bonchev–Trinajstić information content (AvgIpc) is 3.08. The van der Waals surface area contributed by atoms with Crippen LogP contribution in [0.15, 0.2) is 24.3 Å². The second kappa shape index (κ2) is 7.87. The van der Waals surface area contributed by atoms with E-state index in [0.29, 0.717) is 16.3 Å². The zero-order valence-corrected chi connectivity index (χ0v) is 14.7. The van der Waals surface area contributed by atoms with Gasteiger partial charge in [0.05, 0.1) is 14.2 Å². The Morgan fingerprint density at radius 2 is 1.83 bits per heavy atom. The van der Waals surface area contributed by atoms with Gasteiger partial charge in [0.1, 0.15) is 22.4 Å². The van der Waals surface area contributed by atoms with Gasteiger partial charge in [-0.3, -0.25) is 4.79 Å². The van der Waals surface area contributed by atoms with E-state index in [1.807, 2.05) is 13.8 Å². The van der Waals surface area contributed by atoms with Crippen LogP contribution < -0.4 is 10.1 Å². The van der Waals surface area contributed by atoms with Crippen LogP contribution in [0.25, 0.3) is 11.3 Å². The molecule has 0 aliphatic rings. The van der Waals surface area contributed by atoms with Crippen molar-refractivity contribution in [2.24, 2.45) is 5.92 Å². The molecule has 0 bridgehead atoms. The van der Waals surface area contributed by atoms with Gasteiger partial charge in [0.25, 0.3) is 5.91 Å². The summed E-state index contributed by atoms with van der Waals surface area (Å²) in [6.45, 7) is 3.66. The molecule has 0 fully saturated rings. The summed E-state index contributed by atoms with van der Waals surface area (Å²) in [5.41, 5.74) is 1.21. The van der Waals surface area contributed by atoms with Crippen LogP contribution in [-0.2, 0) is 9.53 Å². The minimum absolute atomic E-state index is 0.105. The van der Waals surface area contributed by atoms with Crippen molar-refractivity contribution < 1.29 is 19.1 Å². The van der Waals surface area contributed by atoms with Crippen LogP contribution in [0.5, 0.6) is 5.75 Å². The van der Waals surface area contributed by atoms with Gasteiger partial charge in [-0.05, 0) is 41.7 Å². The van der Waals surface area contributed by atoms with Gasteiger partial charge >= 0.3 is 5.97 Å². The summed E-state index contributed by atoms with van der Waals surface area (Å²) in [4.78, 5) is 24.7. The second-order valence-corrected chi connectivity index (χ2v) is 6.15. The van der Waals surface area contributed by atoms with E-state index in [0.717, 1.165) is 17.1 Å². The molecule has 1 aromatic heterocycles. The number of hydrogen-bond donors (Lipinski definition) is 1. The fourth-order valence-electron chi connectivity index (χ4n) is 2.11. The van der Waals surface area contributed by atoms with Gasteiger partial charge in [-0.25, -0.2) is 4.79 Å². The second-order valence-electron chi connectivity index (χ2n) is 5.40. The summed E-state index contributed by atoms with van der Waals surface area (Å²) in [5.74, 6) is -0.285. The minimum Gasteiger partial charge on any atom is -0.497 e. The summed E-state index contributed by atoms with van der Waals surface area (Å²) in [6, 6.07) is 6.43. The Morgan fingerprint density at radius 1 is 1.17 bits per heavy atom. The van der Waals surface area contributed by atoms with Gasteiger partial charge in [0.2, 0.25) is 0 Å². The zero-order valence-electron chi connectivity index (χ0n) is 13.9. The first kappa shape index (κ1) is 17.9. The van der Waals surface area contributed by atoms with Gasteiger partial charge in [-0.2, -0.15) is 0 Å². The van der Waals surface area contributed by atoms with E-state index in [4.69, 9.17) is 9.47 Å². The number of benzene rings is 1. The SMILES string of the molecule is COC(=O)[C@H](NC(=O)c1snnc1-c1ccc(OC)cc1)C(C)C. The van der Waals surface area contributed by atoms with E-state index in [1.165, 1.54) is 7.11 Å². The van der Waals surface area contributed by atoms with Crippen molar-refractivity contribution in [3.63, 3.8) is 0 Å². The Hall–Kier alpha value is -2.48. The average molecular weight is 349 g/mol. The molecular formula is C16H19N3O4S. The monoisotopic (exact) mass is 349 g/mol. The number of carbonyl (C=O) groups excluding carboxylic acids is 2. The Balaban J connectivity index is 2.24. The van der Waals surface area contributed by atoms with Crippen LogP contribution in [-0.4, -0.2) is 41.7 Å². The Morgan fingerprint density at radius 3 is 2.38 bits per heavy atom. The summed E-state index contributed by atoms with van der Waals surface area (Å²) in [6.07, 6.45) is 0. The number of amides is 1. The lowest BCUT2D eigenvalue weighted by Gasteiger charge is -2.19. The summed E-state index contributed by atoms with van der Waals surface area (Å²) in [7, 11) is 2.87. The first-order valence-electron chi connectivity index (χ1n) is 7.33. The lowest BCUT2D eigenvalue weighted by Crippen LogP contribution is -2.44. The number of ether oxygens (including phenoxy) is 2. The predicted molar refractivity (Wildman–Crippen MR) is 90.0 cm³/mol.